The second-order valence-electron chi connectivity index (χ2n) is 7.49. The number of nitrogens with zero attached hydrogens (tertiary/aromatic N) is 3. The molecule has 0 aliphatic carbocycles. The number of nitrogens with one attached hydrogen (secondary N) is 2. The second-order valence-corrected chi connectivity index (χ2v) is 8.57. The molecule has 2 aromatic heterocycles. The summed E-state index contributed by atoms with van der Waals surface area (Å²) < 4.78 is 5.45. The number of aromatic nitrogens is 1. The third-order valence-electron chi connectivity index (χ3n) is 5.17. The molecule has 0 spiro atoms. The van der Waals surface area contributed by atoms with E-state index >= 15 is 0 Å². The van der Waals surface area contributed by atoms with Crippen LogP contribution in [0.4, 0.5) is 22.7 Å². The summed E-state index contributed by atoms with van der Waals surface area (Å²) in [5.41, 5.74) is 3.80. The van der Waals surface area contributed by atoms with Gasteiger partial charge in [-0.25, -0.2) is 0 Å². The molecule has 0 aliphatic heterocycles. The van der Waals surface area contributed by atoms with Crippen molar-refractivity contribution in [1.82, 2.24) is 4.98 Å². The molecule has 0 unspecified atom stereocenters. The van der Waals surface area contributed by atoms with E-state index in [1.54, 1.807) is 26.5 Å². The van der Waals surface area contributed by atoms with E-state index in [-0.39, 0.29) is 5.91 Å². The first-order chi connectivity index (χ1) is 15.9. The van der Waals surface area contributed by atoms with Crippen molar-refractivity contribution in [2.45, 2.75) is 13.3 Å². The number of hydrogen-bond acceptors (Lipinski definition) is 8. The van der Waals surface area contributed by atoms with Crippen LogP contribution < -0.4 is 20.6 Å². The molecule has 3 rings (SSSR count). The van der Waals surface area contributed by atoms with Gasteiger partial charge in [-0.2, -0.15) is 0 Å². The quantitative estimate of drug-likeness (QED) is 0.275. The molecule has 1 amide bonds. The van der Waals surface area contributed by atoms with Gasteiger partial charge in [-0.3, -0.25) is 20.0 Å². The van der Waals surface area contributed by atoms with E-state index in [9.17, 15) is 10.0 Å². The predicted octanol–water partition coefficient (Wildman–Crippen LogP) is 4.79. The van der Waals surface area contributed by atoms with Crippen LogP contribution in [0.1, 0.15) is 23.0 Å². The number of benzene rings is 1. The van der Waals surface area contributed by atoms with Gasteiger partial charge in [-0.1, -0.05) is 0 Å². The highest BCUT2D eigenvalue weighted by molar-refractivity contribution is 7.17. The molecule has 3 aromatic rings. The number of carbonyl (C=O) groups excluding carboxylic acids is 1. The summed E-state index contributed by atoms with van der Waals surface area (Å²) in [6.45, 7) is 4.06. The molecule has 0 saturated heterocycles. The Bertz CT molecular complexity index is 1060. The summed E-state index contributed by atoms with van der Waals surface area (Å²) in [6, 6.07) is 11.3. The maximum absolute atomic E-state index is 13.1. The van der Waals surface area contributed by atoms with Gasteiger partial charge in [0.1, 0.15) is 0 Å². The van der Waals surface area contributed by atoms with Crippen molar-refractivity contribution in [2.75, 3.05) is 61.5 Å². The zero-order chi connectivity index (χ0) is 23.8. The van der Waals surface area contributed by atoms with Crippen LogP contribution in [0, 0.1) is 0 Å². The molecular weight excluding hydrogens is 438 g/mol. The van der Waals surface area contributed by atoms with Gasteiger partial charge in [-0.05, 0) is 55.3 Å². The zero-order valence-electron chi connectivity index (χ0n) is 19.5. The summed E-state index contributed by atoms with van der Waals surface area (Å²) in [6.07, 6.45) is 4.32. The Balaban J connectivity index is 1.87. The smallest absolute Gasteiger partial charge is 0.265 e. The standard InChI is InChI=1S/C24H31N5O3S/c1-5-32-14-6-13-28(3)20-16-21(29(4)31)18(25-2)15-19(20)27-24(30)23-8-7-22(33-23)17-9-11-26-12-10-17/h7-12,15-16,25,31H,5-6,13-14H2,1-4H3,(H,27,30). The maximum Gasteiger partial charge on any atom is 0.265 e. The van der Waals surface area contributed by atoms with Crippen LogP contribution in [0.15, 0.2) is 48.8 Å². The normalized spacial score (nSPS) is 10.7. The lowest BCUT2D eigenvalue weighted by Crippen LogP contribution is -2.23. The fourth-order valence-electron chi connectivity index (χ4n) is 3.44. The van der Waals surface area contributed by atoms with Crippen molar-refractivity contribution in [2.24, 2.45) is 0 Å². The Labute approximate surface area is 198 Å². The van der Waals surface area contributed by atoms with Gasteiger partial charge >= 0.3 is 0 Å². The lowest BCUT2D eigenvalue weighted by atomic mass is 10.1. The number of anilines is 4. The van der Waals surface area contributed by atoms with Crippen LogP contribution in [-0.4, -0.2) is 57.0 Å². The molecule has 1 aromatic carbocycles. The lowest BCUT2D eigenvalue weighted by Gasteiger charge is -2.26. The summed E-state index contributed by atoms with van der Waals surface area (Å²) in [7, 11) is 5.31. The third-order valence-corrected chi connectivity index (χ3v) is 6.31. The molecule has 0 aliphatic rings. The Morgan fingerprint density at radius 1 is 1.12 bits per heavy atom. The summed E-state index contributed by atoms with van der Waals surface area (Å²) in [5.74, 6) is -0.184. The largest absolute Gasteiger partial charge is 0.386 e. The Hall–Kier alpha value is -3.14. The minimum atomic E-state index is -0.184. The number of hydroxylamine groups is 1. The number of thiophene rings is 1. The number of hydrogen-bond donors (Lipinski definition) is 3. The van der Waals surface area contributed by atoms with E-state index in [0.717, 1.165) is 34.2 Å². The lowest BCUT2D eigenvalue weighted by molar-refractivity contribution is 0.103. The predicted molar refractivity (Wildman–Crippen MR) is 136 cm³/mol. The van der Waals surface area contributed by atoms with E-state index < -0.39 is 0 Å². The molecular formula is C24H31N5O3S. The minimum Gasteiger partial charge on any atom is -0.386 e. The van der Waals surface area contributed by atoms with Gasteiger partial charge < -0.3 is 20.3 Å². The van der Waals surface area contributed by atoms with Crippen molar-refractivity contribution in [3.8, 4) is 10.4 Å². The highest BCUT2D eigenvalue weighted by Crippen LogP contribution is 2.37. The minimum absolute atomic E-state index is 0.184. The molecule has 0 fully saturated rings. The van der Waals surface area contributed by atoms with Crippen molar-refractivity contribution < 1.29 is 14.7 Å². The van der Waals surface area contributed by atoms with Gasteiger partial charge in [-0.15, -0.1) is 11.3 Å². The molecule has 0 radical (unpaired) electrons. The SMILES string of the molecule is CCOCCCN(C)c1cc(N(C)O)c(NC)cc1NC(=O)c1ccc(-c2ccncc2)s1. The number of carbonyl (C=O) groups is 1. The van der Waals surface area contributed by atoms with Gasteiger partial charge in [0.25, 0.3) is 5.91 Å². The van der Waals surface area contributed by atoms with Gasteiger partial charge in [0.05, 0.1) is 27.6 Å². The first-order valence-corrected chi connectivity index (χ1v) is 11.6. The van der Waals surface area contributed by atoms with E-state index in [1.165, 1.54) is 11.3 Å². The van der Waals surface area contributed by atoms with Crippen LogP contribution in [0.3, 0.4) is 0 Å². The van der Waals surface area contributed by atoms with Crippen LogP contribution in [0.2, 0.25) is 0 Å². The fourth-order valence-corrected chi connectivity index (χ4v) is 4.35. The third kappa shape index (κ3) is 6.22. The van der Waals surface area contributed by atoms with E-state index in [2.05, 4.69) is 20.5 Å². The van der Waals surface area contributed by atoms with Crippen LogP contribution in [0.5, 0.6) is 0 Å². The van der Waals surface area contributed by atoms with Crippen LogP contribution in [-0.2, 0) is 4.74 Å². The molecule has 0 saturated carbocycles. The molecule has 0 bridgehead atoms. The summed E-state index contributed by atoms with van der Waals surface area (Å²) >= 11 is 1.43. The van der Waals surface area contributed by atoms with Crippen molar-refractivity contribution in [3.63, 3.8) is 0 Å². The van der Waals surface area contributed by atoms with E-state index in [1.807, 2.05) is 50.4 Å². The number of amides is 1. The summed E-state index contributed by atoms with van der Waals surface area (Å²) in [4.78, 5) is 20.8. The van der Waals surface area contributed by atoms with Crippen molar-refractivity contribution in [3.05, 3.63) is 53.7 Å². The van der Waals surface area contributed by atoms with Crippen LogP contribution in [0.25, 0.3) is 10.4 Å². The first kappa shape index (κ1) is 24.5. The molecule has 33 heavy (non-hydrogen) atoms. The fraction of sp³-hybridized carbons (Fsp3) is 0.333. The average molecular weight is 470 g/mol. The molecule has 9 heteroatoms. The number of rotatable bonds is 11. The Morgan fingerprint density at radius 2 is 1.88 bits per heavy atom. The van der Waals surface area contributed by atoms with Gasteiger partial charge in [0.15, 0.2) is 0 Å². The van der Waals surface area contributed by atoms with Crippen molar-refractivity contribution in [1.29, 1.82) is 0 Å². The van der Waals surface area contributed by atoms with Crippen LogP contribution >= 0.6 is 11.3 Å². The van der Waals surface area contributed by atoms with Crippen molar-refractivity contribution >= 4 is 40.0 Å². The van der Waals surface area contributed by atoms with Gasteiger partial charge in [0, 0.05) is 58.2 Å². The Morgan fingerprint density at radius 3 is 2.55 bits per heavy atom. The molecule has 3 N–H and O–H groups in total. The number of ether oxygens (including phenoxy) is 1. The number of pyridine rings is 1. The maximum atomic E-state index is 13.1. The second kappa shape index (κ2) is 11.6. The molecule has 176 valence electrons. The summed E-state index contributed by atoms with van der Waals surface area (Å²) in [5, 5.41) is 17.3. The monoisotopic (exact) mass is 469 g/mol. The van der Waals surface area contributed by atoms with E-state index in [4.69, 9.17) is 4.74 Å². The zero-order valence-corrected chi connectivity index (χ0v) is 20.3. The topological polar surface area (TPSA) is 90.0 Å². The molecule has 0 atom stereocenters. The van der Waals surface area contributed by atoms with Gasteiger partial charge in [0.2, 0.25) is 0 Å². The average Bonchev–Trinajstić information content (AvgIpc) is 3.32. The Kier molecular flexibility index (Phi) is 8.65. The highest BCUT2D eigenvalue weighted by atomic mass is 32.1. The van der Waals surface area contributed by atoms with E-state index in [0.29, 0.717) is 35.2 Å². The molecule has 8 nitrogen and oxygen atoms in total. The highest BCUT2D eigenvalue weighted by Gasteiger charge is 2.18. The first-order valence-electron chi connectivity index (χ1n) is 10.8. The molecule has 2 heterocycles.